The average Bonchev–Trinajstić information content (AvgIpc) is 3.51. The van der Waals surface area contributed by atoms with Gasteiger partial charge in [0, 0.05) is 12.6 Å². The van der Waals surface area contributed by atoms with E-state index in [2.05, 4.69) is 5.32 Å². The minimum absolute atomic E-state index is 0.0212. The van der Waals surface area contributed by atoms with E-state index in [1.54, 1.807) is 25.1 Å². The molecule has 1 N–H and O–H groups in total. The maximum absolute atomic E-state index is 14.2. The molecule has 0 heterocycles. The third kappa shape index (κ3) is 8.22. The van der Waals surface area contributed by atoms with Crippen molar-refractivity contribution < 1.29 is 27.1 Å². The lowest BCUT2D eigenvalue weighted by atomic mass is 10.1. The average molecular weight is 665 g/mol. The molecule has 1 atom stereocenters. The van der Waals surface area contributed by atoms with Crippen molar-refractivity contribution in [3.05, 3.63) is 88.2 Å². The van der Waals surface area contributed by atoms with Gasteiger partial charge in [-0.2, -0.15) is 0 Å². The van der Waals surface area contributed by atoms with Crippen LogP contribution in [0.15, 0.2) is 71.6 Å². The number of nitrogens with one attached hydrogen (secondary N) is 1. The fraction of sp³-hybridized carbons (Fsp3) is 0.375. The smallest absolute Gasteiger partial charge is 0.264 e. The number of carbonyl (C=O) groups is 2. The molecule has 0 spiro atoms. The molecule has 1 aliphatic carbocycles. The number of carbonyl (C=O) groups excluding carboxylic acids is 2. The van der Waals surface area contributed by atoms with E-state index in [-0.39, 0.29) is 40.5 Å². The number of halogens is 3. The standard InChI is InChI=1S/C32H36Cl2FN3O5S/c1-3-30(32(40)36-24-7-5-6-8-24)37(20-22-9-18-28(33)29(34)19-22)31(39)21-38(25-12-10-23(35)11-13-25)44(41,42)27-16-14-26(15-17-27)43-4-2/h9-19,24,30H,3-8,20-21H2,1-2H3,(H,36,40). The van der Waals surface area contributed by atoms with Gasteiger partial charge in [-0.3, -0.25) is 13.9 Å². The monoisotopic (exact) mass is 663 g/mol. The van der Waals surface area contributed by atoms with E-state index in [1.165, 1.54) is 41.3 Å². The van der Waals surface area contributed by atoms with E-state index in [1.807, 2.05) is 6.92 Å². The summed E-state index contributed by atoms with van der Waals surface area (Å²) in [7, 11) is -4.32. The number of benzene rings is 3. The minimum atomic E-state index is -4.32. The summed E-state index contributed by atoms with van der Waals surface area (Å²) in [5, 5.41) is 3.69. The summed E-state index contributed by atoms with van der Waals surface area (Å²) in [5.74, 6) is -1.00. The van der Waals surface area contributed by atoms with Crippen molar-refractivity contribution in [2.75, 3.05) is 17.5 Å². The highest BCUT2D eigenvalue weighted by Gasteiger charge is 2.34. The molecule has 1 aliphatic rings. The van der Waals surface area contributed by atoms with Gasteiger partial charge >= 0.3 is 0 Å². The Bertz CT molecular complexity index is 1550. The molecule has 0 saturated heterocycles. The van der Waals surface area contributed by atoms with Crippen LogP contribution in [-0.2, 0) is 26.2 Å². The summed E-state index contributed by atoms with van der Waals surface area (Å²) in [4.78, 5) is 29.0. The van der Waals surface area contributed by atoms with Crippen LogP contribution < -0.4 is 14.4 Å². The van der Waals surface area contributed by atoms with Gasteiger partial charge in [-0.05, 0) is 92.4 Å². The fourth-order valence-electron chi connectivity index (χ4n) is 5.26. The maximum atomic E-state index is 14.2. The van der Waals surface area contributed by atoms with Crippen LogP contribution in [0.5, 0.6) is 5.75 Å². The van der Waals surface area contributed by atoms with E-state index >= 15 is 0 Å². The molecule has 3 aromatic carbocycles. The summed E-state index contributed by atoms with van der Waals surface area (Å²) >= 11 is 12.4. The van der Waals surface area contributed by atoms with Gasteiger partial charge in [-0.25, -0.2) is 12.8 Å². The number of hydrogen-bond donors (Lipinski definition) is 1. The van der Waals surface area contributed by atoms with Gasteiger partial charge in [-0.1, -0.05) is 49.0 Å². The van der Waals surface area contributed by atoms with Crippen LogP contribution in [0.25, 0.3) is 0 Å². The third-order valence-corrected chi connectivity index (χ3v) is 10.1. The Kier molecular flexibility index (Phi) is 11.5. The molecule has 0 bridgehead atoms. The first kappa shape index (κ1) is 33.6. The Labute approximate surface area is 268 Å². The van der Waals surface area contributed by atoms with Crippen LogP contribution >= 0.6 is 23.2 Å². The normalized spacial score (nSPS) is 14.2. The first-order valence-electron chi connectivity index (χ1n) is 14.6. The Hall–Kier alpha value is -3.34. The van der Waals surface area contributed by atoms with Crippen molar-refractivity contribution >= 4 is 50.7 Å². The lowest BCUT2D eigenvalue weighted by Crippen LogP contribution is -2.53. The lowest BCUT2D eigenvalue weighted by Gasteiger charge is -2.34. The number of anilines is 1. The van der Waals surface area contributed by atoms with Gasteiger partial charge < -0.3 is 15.0 Å². The zero-order valence-corrected chi connectivity index (χ0v) is 27.0. The summed E-state index contributed by atoms with van der Waals surface area (Å²) in [6.45, 7) is 3.35. The largest absolute Gasteiger partial charge is 0.494 e. The first-order valence-corrected chi connectivity index (χ1v) is 16.8. The molecule has 236 valence electrons. The predicted molar refractivity (Wildman–Crippen MR) is 170 cm³/mol. The molecule has 4 rings (SSSR count). The van der Waals surface area contributed by atoms with Crippen molar-refractivity contribution in [3.8, 4) is 5.75 Å². The van der Waals surface area contributed by atoms with Crippen LogP contribution in [-0.4, -0.2) is 50.4 Å². The second-order valence-corrected chi connectivity index (χ2v) is 13.3. The van der Waals surface area contributed by atoms with E-state index in [4.69, 9.17) is 27.9 Å². The number of sulfonamides is 1. The molecule has 1 saturated carbocycles. The van der Waals surface area contributed by atoms with Crippen molar-refractivity contribution in [2.45, 2.75) is 69.5 Å². The zero-order valence-electron chi connectivity index (χ0n) is 24.6. The molecule has 12 heteroatoms. The van der Waals surface area contributed by atoms with Gasteiger partial charge in [0.15, 0.2) is 0 Å². The van der Waals surface area contributed by atoms with Gasteiger partial charge in [0.2, 0.25) is 11.8 Å². The predicted octanol–water partition coefficient (Wildman–Crippen LogP) is 6.59. The van der Waals surface area contributed by atoms with Crippen molar-refractivity contribution in [2.24, 2.45) is 0 Å². The number of amides is 2. The molecule has 0 aromatic heterocycles. The summed E-state index contributed by atoms with van der Waals surface area (Å²) in [6.07, 6.45) is 4.05. The van der Waals surface area contributed by atoms with Crippen LogP contribution in [0.1, 0.15) is 51.5 Å². The van der Waals surface area contributed by atoms with Crippen molar-refractivity contribution in [1.82, 2.24) is 10.2 Å². The van der Waals surface area contributed by atoms with Gasteiger partial charge in [0.25, 0.3) is 10.0 Å². The summed E-state index contributed by atoms with van der Waals surface area (Å²) in [5.41, 5.74) is 0.703. The van der Waals surface area contributed by atoms with Gasteiger partial charge in [0.1, 0.15) is 24.2 Å². The molecule has 1 unspecified atom stereocenters. The Morgan fingerprint density at radius 1 is 0.977 bits per heavy atom. The summed E-state index contributed by atoms with van der Waals surface area (Å²) in [6, 6.07) is 14.7. The summed E-state index contributed by atoms with van der Waals surface area (Å²) < 4.78 is 48.2. The molecule has 0 radical (unpaired) electrons. The lowest BCUT2D eigenvalue weighted by molar-refractivity contribution is -0.140. The van der Waals surface area contributed by atoms with Gasteiger partial charge in [0.05, 0.1) is 27.2 Å². The highest BCUT2D eigenvalue weighted by molar-refractivity contribution is 7.92. The zero-order chi connectivity index (χ0) is 31.9. The SMILES string of the molecule is CCOc1ccc(S(=O)(=O)N(CC(=O)N(Cc2ccc(Cl)c(Cl)c2)C(CC)C(=O)NC2CCCC2)c2ccc(F)cc2)cc1. The first-order chi connectivity index (χ1) is 21.0. The molecular formula is C32H36Cl2FN3O5S. The highest BCUT2D eigenvalue weighted by atomic mass is 35.5. The molecule has 2 amide bonds. The number of rotatable bonds is 13. The topological polar surface area (TPSA) is 96.0 Å². The molecule has 0 aliphatic heterocycles. The van der Waals surface area contributed by atoms with Gasteiger partial charge in [-0.15, -0.1) is 0 Å². The second kappa shape index (κ2) is 15.1. The Morgan fingerprint density at radius 3 is 2.23 bits per heavy atom. The van der Waals surface area contributed by atoms with Crippen molar-refractivity contribution in [1.29, 1.82) is 0 Å². The third-order valence-electron chi connectivity index (χ3n) is 7.54. The Balaban J connectivity index is 1.71. The van der Waals surface area contributed by atoms with E-state index in [9.17, 15) is 22.4 Å². The van der Waals surface area contributed by atoms with Crippen LogP contribution in [0.2, 0.25) is 10.0 Å². The molecule has 44 heavy (non-hydrogen) atoms. The minimum Gasteiger partial charge on any atom is -0.494 e. The quantitative estimate of drug-likeness (QED) is 0.223. The van der Waals surface area contributed by atoms with Crippen molar-refractivity contribution in [3.63, 3.8) is 0 Å². The molecular weight excluding hydrogens is 628 g/mol. The van der Waals surface area contributed by atoms with Crippen LogP contribution in [0.4, 0.5) is 10.1 Å². The number of ether oxygens (including phenoxy) is 1. The number of nitrogens with zero attached hydrogens (tertiary/aromatic N) is 2. The van der Waals surface area contributed by atoms with E-state index < -0.39 is 34.3 Å². The Morgan fingerprint density at radius 2 is 1.64 bits per heavy atom. The maximum Gasteiger partial charge on any atom is 0.264 e. The number of hydrogen-bond acceptors (Lipinski definition) is 5. The highest BCUT2D eigenvalue weighted by Crippen LogP contribution is 2.28. The molecule has 1 fully saturated rings. The molecule has 3 aromatic rings. The van der Waals surface area contributed by atoms with Crippen LogP contribution in [0, 0.1) is 5.82 Å². The van der Waals surface area contributed by atoms with E-state index in [0.717, 1.165) is 42.1 Å². The second-order valence-electron chi connectivity index (χ2n) is 10.6. The van der Waals surface area contributed by atoms with Crippen LogP contribution in [0.3, 0.4) is 0 Å². The fourth-order valence-corrected chi connectivity index (χ4v) is 6.99. The molecule has 8 nitrogen and oxygen atoms in total. The van der Waals surface area contributed by atoms with E-state index in [0.29, 0.717) is 22.9 Å².